The van der Waals surface area contributed by atoms with E-state index in [0.717, 1.165) is 15.8 Å². The van der Waals surface area contributed by atoms with E-state index in [0.29, 0.717) is 11.7 Å². The van der Waals surface area contributed by atoms with Gasteiger partial charge in [0.1, 0.15) is 17.8 Å². The maximum Gasteiger partial charge on any atom is 0.263 e. The molecule has 0 atom stereocenters. The van der Waals surface area contributed by atoms with Crippen molar-refractivity contribution < 1.29 is 4.42 Å². The van der Waals surface area contributed by atoms with Crippen LogP contribution >= 0.6 is 15.9 Å². The van der Waals surface area contributed by atoms with Crippen LogP contribution in [0.3, 0.4) is 0 Å². The van der Waals surface area contributed by atoms with E-state index in [1.807, 2.05) is 12.1 Å². The lowest BCUT2D eigenvalue weighted by atomic mass is 10.1. The van der Waals surface area contributed by atoms with Crippen LogP contribution in [0.1, 0.15) is 16.9 Å². The van der Waals surface area contributed by atoms with Crippen LogP contribution in [0.5, 0.6) is 0 Å². The minimum absolute atomic E-state index is 0.338. The summed E-state index contributed by atoms with van der Waals surface area (Å²) < 4.78 is 8.03. The molecule has 0 aliphatic rings. The maximum absolute atomic E-state index is 5.80. The summed E-state index contributed by atoms with van der Waals surface area (Å²) in [4.78, 5) is 0. The molecule has 0 radical (unpaired) electrons. The Morgan fingerprint density at radius 1 is 1.30 bits per heavy atom. The van der Waals surface area contributed by atoms with Gasteiger partial charge in [0.25, 0.3) is 5.95 Å². The van der Waals surface area contributed by atoms with Gasteiger partial charge in [0.2, 0.25) is 0 Å². The van der Waals surface area contributed by atoms with E-state index >= 15 is 0 Å². The number of furan rings is 1. The number of nitrogens with one attached hydrogen (secondary N) is 1. The molecule has 0 bridgehead atoms. The number of nitrogens with zero attached hydrogens (tertiary/aromatic N) is 4. The average Bonchev–Trinajstić information content (AvgIpc) is 3.13. The highest BCUT2D eigenvalue weighted by molar-refractivity contribution is 9.10. The van der Waals surface area contributed by atoms with Crippen molar-refractivity contribution in [3.05, 3.63) is 52.0 Å². The summed E-state index contributed by atoms with van der Waals surface area (Å²) in [6.07, 6.45) is 2.92. The number of hydrogen-bond donors (Lipinski definition) is 2. The third kappa shape index (κ3) is 3.26. The van der Waals surface area contributed by atoms with Gasteiger partial charge < -0.3 is 10.3 Å². The molecule has 3 aromatic rings. The predicted octanol–water partition coefficient (Wildman–Crippen LogP) is 3.08. The average molecular weight is 375 g/mol. The van der Waals surface area contributed by atoms with Gasteiger partial charge in [0.15, 0.2) is 0 Å². The molecule has 7 nitrogen and oxygen atoms in total. The van der Waals surface area contributed by atoms with E-state index in [-0.39, 0.29) is 0 Å². The molecule has 118 valence electrons. The van der Waals surface area contributed by atoms with E-state index in [1.165, 1.54) is 22.1 Å². The summed E-state index contributed by atoms with van der Waals surface area (Å²) in [5.74, 6) is 7.29. The first-order valence-corrected chi connectivity index (χ1v) is 7.65. The Labute approximate surface area is 141 Å². The molecule has 3 N–H and O–H groups in total. The molecular weight excluding hydrogens is 360 g/mol. The summed E-state index contributed by atoms with van der Waals surface area (Å²) in [6, 6.07) is 7.92. The Kier molecular flexibility index (Phi) is 4.16. The van der Waals surface area contributed by atoms with Crippen LogP contribution in [0.4, 0.5) is 5.95 Å². The molecule has 0 saturated carbocycles. The Hall–Kier alpha value is -2.61. The van der Waals surface area contributed by atoms with E-state index < -0.39 is 0 Å². The molecule has 1 aromatic carbocycles. The number of rotatable bonds is 4. The first-order chi connectivity index (χ1) is 11.0. The Balaban J connectivity index is 1.78. The highest BCUT2D eigenvalue weighted by Gasteiger charge is 2.09. The number of aromatic nitrogens is 3. The molecule has 0 amide bonds. The number of anilines is 1. The van der Waals surface area contributed by atoms with Gasteiger partial charge in [0, 0.05) is 10.0 Å². The lowest BCUT2D eigenvalue weighted by molar-refractivity contribution is 0.574. The topological polar surface area (TPSA) is 94.3 Å². The second-order valence-electron chi connectivity index (χ2n) is 5.05. The van der Waals surface area contributed by atoms with Crippen LogP contribution in [0.15, 0.2) is 44.6 Å². The monoisotopic (exact) mass is 374 g/mol. The van der Waals surface area contributed by atoms with E-state index in [4.69, 9.17) is 10.3 Å². The van der Waals surface area contributed by atoms with Gasteiger partial charge in [-0.25, -0.2) is 10.1 Å². The van der Waals surface area contributed by atoms with Crippen molar-refractivity contribution in [2.45, 2.75) is 13.8 Å². The molecule has 0 fully saturated rings. The number of benzene rings is 1. The largest absolute Gasteiger partial charge is 0.455 e. The van der Waals surface area contributed by atoms with Crippen LogP contribution in [-0.2, 0) is 0 Å². The second kappa shape index (κ2) is 6.25. The van der Waals surface area contributed by atoms with Crippen LogP contribution in [0.2, 0.25) is 0 Å². The van der Waals surface area contributed by atoms with Gasteiger partial charge in [-0.1, -0.05) is 15.9 Å². The number of nitrogens with two attached hydrogens (primary N) is 1. The van der Waals surface area contributed by atoms with E-state index in [1.54, 1.807) is 6.21 Å². The zero-order valence-corrected chi connectivity index (χ0v) is 14.2. The molecule has 8 heteroatoms. The summed E-state index contributed by atoms with van der Waals surface area (Å²) in [5.41, 5.74) is 6.12. The van der Waals surface area contributed by atoms with Crippen molar-refractivity contribution in [2.24, 2.45) is 5.10 Å². The van der Waals surface area contributed by atoms with Crippen molar-refractivity contribution in [1.29, 1.82) is 0 Å². The van der Waals surface area contributed by atoms with Crippen molar-refractivity contribution >= 4 is 28.1 Å². The minimum Gasteiger partial charge on any atom is -0.455 e. The summed E-state index contributed by atoms with van der Waals surface area (Å²) >= 11 is 3.58. The molecule has 0 saturated heterocycles. The molecule has 0 aliphatic heterocycles. The highest BCUT2D eigenvalue weighted by atomic mass is 79.9. The molecule has 0 unspecified atom stereocenters. The van der Waals surface area contributed by atoms with E-state index in [9.17, 15) is 0 Å². The lowest BCUT2D eigenvalue weighted by Gasteiger charge is -2.06. The normalized spacial score (nSPS) is 11.3. The molecule has 0 aliphatic carbocycles. The van der Waals surface area contributed by atoms with E-state index in [2.05, 4.69) is 62.6 Å². The molecule has 23 heavy (non-hydrogen) atoms. The van der Waals surface area contributed by atoms with Crippen molar-refractivity contribution in [3.63, 3.8) is 0 Å². The Bertz CT molecular complexity index is 867. The number of nitrogen functional groups attached to an aromatic ring is 1. The Morgan fingerprint density at radius 2 is 2.09 bits per heavy atom. The summed E-state index contributed by atoms with van der Waals surface area (Å²) in [7, 11) is 0. The fourth-order valence-electron chi connectivity index (χ4n) is 2.01. The van der Waals surface area contributed by atoms with Gasteiger partial charge >= 0.3 is 0 Å². The molecule has 3 rings (SSSR count). The molecule has 2 aromatic heterocycles. The fourth-order valence-corrected chi connectivity index (χ4v) is 2.67. The van der Waals surface area contributed by atoms with Crippen molar-refractivity contribution in [1.82, 2.24) is 14.9 Å². The van der Waals surface area contributed by atoms with Crippen molar-refractivity contribution in [2.75, 3.05) is 11.3 Å². The Morgan fingerprint density at radius 3 is 2.83 bits per heavy atom. The maximum atomic E-state index is 5.80. The van der Waals surface area contributed by atoms with Crippen LogP contribution in [-0.4, -0.2) is 21.1 Å². The SMILES string of the molecule is Cc1cc(Br)c(-c2ccc(/C=N\Nc3nncn3N)o2)cc1C. The zero-order chi connectivity index (χ0) is 16.4. The third-order valence-electron chi connectivity index (χ3n) is 3.41. The minimum atomic E-state index is 0.338. The predicted molar refractivity (Wildman–Crippen MR) is 92.7 cm³/mol. The standard InChI is InChI=1S/C15H15BrN6O/c1-9-5-12(13(16)6-10(9)2)14-4-3-11(23-14)7-18-20-15-21-19-8-22(15)17/h3-8H,17H2,1-2H3,(H,20,21)/b18-7-. The van der Waals surface area contributed by atoms with Crippen LogP contribution in [0.25, 0.3) is 11.3 Å². The number of halogens is 1. The zero-order valence-electron chi connectivity index (χ0n) is 12.6. The van der Waals surface area contributed by atoms with Crippen LogP contribution in [0, 0.1) is 13.8 Å². The second-order valence-corrected chi connectivity index (χ2v) is 5.90. The van der Waals surface area contributed by atoms with Crippen molar-refractivity contribution in [3.8, 4) is 11.3 Å². The first-order valence-electron chi connectivity index (χ1n) is 6.85. The number of aryl methyl sites for hydroxylation is 2. The fraction of sp³-hybridized carbons (Fsp3) is 0.133. The van der Waals surface area contributed by atoms with Gasteiger partial charge in [-0.15, -0.1) is 10.2 Å². The van der Waals surface area contributed by atoms with Crippen LogP contribution < -0.4 is 11.3 Å². The number of hydrazone groups is 1. The first kappa shape index (κ1) is 15.3. The lowest BCUT2D eigenvalue weighted by Crippen LogP contribution is -2.10. The quantitative estimate of drug-likeness (QED) is 0.415. The van der Waals surface area contributed by atoms with Gasteiger partial charge in [-0.2, -0.15) is 5.10 Å². The summed E-state index contributed by atoms with van der Waals surface area (Å²) in [5, 5.41) is 11.4. The van der Waals surface area contributed by atoms with Gasteiger partial charge in [-0.3, -0.25) is 0 Å². The van der Waals surface area contributed by atoms with Gasteiger partial charge in [-0.05, 0) is 49.2 Å². The molecule has 0 spiro atoms. The third-order valence-corrected chi connectivity index (χ3v) is 4.06. The summed E-state index contributed by atoms with van der Waals surface area (Å²) in [6.45, 7) is 4.15. The number of hydrogen-bond acceptors (Lipinski definition) is 6. The smallest absolute Gasteiger partial charge is 0.263 e. The highest BCUT2D eigenvalue weighted by Crippen LogP contribution is 2.31. The molecular formula is C15H15BrN6O. The van der Waals surface area contributed by atoms with Gasteiger partial charge in [0.05, 0.1) is 6.21 Å². The molecule has 2 heterocycles.